The number of carbonyl (C=O) groups excluding carboxylic acids is 1. The third kappa shape index (κ3) is 3.68. The number of ketones is 1. The Kier molecular flexibility index (Phi) is 5.04. The average Bonchev–Trinajstić information content (AvgIpc) is 3.36. The summed E-state index contributed by atoms with van der Waals surface area (Å²) in [4.78, 5) is 18.6. The van der Waals surface area contributed by atoms with Crippen LogP contribution in [0.2, 0.25) is 0 Å². The number of aryl methyl sites for hydroxylation is 2. The first-order chi connectivity index (χ1) is 15.4. The van der Waals surface area contributed by atoms with Crippen molar-refractivity contribution >= 4 is 44.4 Å². The van der Waals surface area contributed by atoms with E-state index in [2.05, 4.69) is 11.1 Å². The van der Waals surface area contributed by atoms with Gasteiger partial charge in [0.25, 0.3) is 0 Å². The van der Waals surface area contributed by atoms with Gasteiger partial charge in [-0.05, 0) is 49.7 Å². The van der Waals surface area contributed by atoms with Gasteiger partial charge in [0.15, 0.2) is 0 Å². The fraction of sp³-hybridized carbons (Fsp3) is 0.0769. The number of thiazole rings is 1. The Morgan fingerprint density at radius 1 is 0.938 bits per heavy atom. The quantitative estimate of drug-likeness (QED) is 0.291. The molecule has 5 aromatic rings. The summed E-state index contributed by atoms with van der Waals surface area (Å²) < 4.78 is 0.879. The van der Waals surface area contributed by atoms with E-state index in [1.807, 2.05) is 61.7 Å². The summed E-state index contributed by atoms with van der Waals surface area (Å²) >= 11 is 2.92. The maximum absolute atomic E-state index is 13.6. The summed E-state index contributed by atoms with van der Waals surface area (Å²) in [6.45, 7) is 4.00. The second-order valence-corrected chi connectivity index (χ2v) is 9.76. The molecule has 0 spiro atoms. The molecule has 3 aromatic carbocycles. The summed E-state index contributed by atoms with van der Waals surface area (Å²) in [6.07, 6.45) is 0. The highest BCUT2D eigenvalue weighted by Crippen LogP contribution is 2.42. The third-order valence-corrected chi connectivity index (χ3v) is 7.37. The summed E-state index contributed by atoms with van der Waals surface area (Å²) in [7, 11) is 0. The van der Waals surface area contributed by atoms with E-state index in [4.69, 9.17) is 5.73 Å². The highest BCUT2D eigenvalue weighted by Gasteiger charge is 2.22. The Bertz CT molecular complexity index is 1460. The lowest BCUT2D eigenvalue weighted by molar-refractivity contribution is 0.104. The number of hydrogen-bond acceptors (Lipinski definition) is 6. The lowest BCUT2D eigenvalue weighted by atomic mass is 9.96. The highest BCUT2D eigenvalue weighted by molar-refractivity contribution is 7.21. The molecular weight excluding hydrogens is 436 g/mol. The van der Waals surface area contributed by atoms with Crippen LogP contribution in [0.3, 0.4) is 0 Å². The highest BCUT2D eigenvalue weighted by atomic mass is 32.1. The van der Waals surface area contributed by atoms with Gasteiger partial charge in [0.2, 0.25) is 5.78 Å². The number of nitrogens with two attached hydrogens (primary N) is 1. The average molecular weight is 457 g/mol. The van der Waals surface area contributed by atoms with E-state index in [0.717, 1.165) is 42.9 Å². The number of hydrogen-bond donors (Lipinski definition) is 2. The van der Waals surface area contributed by atoms with Gasteiger partial charge in [-0.25, -0.2) is 4.98 Å². The Labute approximate surface area is 193 Å². The molecule has 0 fully saturated rings. The summed E-state index contributed by atoms with van der Waals surface area (Å²) in [5, 5.41) is 13.6. The van der Waals surface area contributed by atoms with Crippen molar-refractivity contribution in [2.24, 2.45) is 0 Å². The van der Waals surface area contributed by atoms with Gasteiger partial charge in [-0.2, -0.15) is 0 Å². The molecule has 3 N–H and O–H groups in total. The van der Waals surface area contributed by atoms with Crippen molar-refractivity contribution in [3.8, 4) is 27.4 Å². The fourth-order valence-electron chi connectivity index (χ4n) is 3.97. The number of nitrogen functional groups attached to an aromatic ring is 1. The van der Waals surface area contributed by atoms with Gasteiger partial charge in [-0.15, -0.1) is 22.7 Å². The molecule has 0 bridgehead atoms. The van der Waals surface area contributed by atoms with Crippen LogP contribution in [0.15, 0.2) is 66.0 Å². The smallest absolute Gasteiger partial charge is 0.203 e. The Morgan fingerprint density at radius 3 is 2.28 bits per heavy atom. The largest absolute Gasteiger partial charge is 0.508 e. The van der Waals surface area contributed by atoms with E-state index in [-0.39, 0.29) is 11.5 Å². The Balaban J connectivity index is 1.67. The first kappa shape index (κ1) is 20.4. The molecule has 0 amide bonds. The van der Waals surface area contributed by atoms with E-state index in [0.29, 0.717) is 16.3 Å². The molecule has 0 aliphatic carbocycles. The number of nitrogens with zero attached hydrogens (tertiary/aromatic N) is 1. The zero-order valence-corrected chi connectivity index (χ0v) is 19.2. The number of carbonyl (C=O) groups is 1. The van der Waals surface area contributed by atoms with Crippen LogP contribution in [0.5, 0.6) is 5.75 Å². The van der Waals surface area contributed by atoms with Gasteiger partial charge in [0.1, 0.15) is 16.6 Å². The van der Waals surface area contributed by atoms with E-state index in [9.17, 15) is 9.90 Å². The molecule has 0 radical (unpaired) electrons. The molecule has 0 saturated carbocycles. The minimum absolute atomic E-state index is 0.00994. The zero-order valence-electron chi connectivity index (χ0n) is 17.5. The number of rotatable bonds is 4. The van der Waals surface area contributed by atoms with Gasteiger partial charge >= 0.3 is 0 Å². The van der Waals surface area contributed by atoms with Crippen molar-refractivity contribution in [1.29, 1.82) is 0 Å². The van der Waals surface area contributed by atoms with Crippen molar-refractivity contribution in [2.75, 3.05) is 5.73 Å². The second kappa shape index (κ2) is 7.89. The standard InChI is InChI=1S/C26H20N2O2S2/c1-14-9-15(2)11-18(10-14)24(30)25-23(20-8-7-19(29)12-21(20)32-25)16-3-5-17(6-4-16)26-28-22(27)13-31-26/h3-13,29H,27H2,1-2H3. The summed E-state index contributed by atoms with van der Waals surface area (Å²) in [5.74, 6) is 0.690. The predicted molar refractivity (Wildman–Crippen MR) is 134 cm³/mol. The maximum atomic E-state index is 13.6. The molecule has 0 saturated heterocycles. The lowest BCUT2D eigenvalue weighted by Gasteiger charge is -2.08. The topological polar surface area (TPSA) is 76.2 Å². The number of anilines is 1. The lowest BCUT2D eigenvalue weighted by Crippen LogP contribution is -2.01. The molecule has 32 heavy (non-hydrogen) atoms. The minimum Gasteiger partial charge on any atom is -0.508 e. The molecular formula is C26H20N2O2S2. The third-order valence-electron chi connectivity index (χ3n) is 5.31. The molecule has 5 rings (SSSR count). The molecule has 2 aromatic heterocycles. The fourth-order valence-corrected chi connectivity index (χ4v) is 5.90. The Morgan fingerprint density at radius 2 is 1.62 bits per heavy atom. The summed E-state index contributed by atoms with van der Waals surface area (Å²) in [5.41, 5.74) is 11.4. The summed E-state index contributed by atoms with van der Waals surface area (Å²) in [6, 6.07) is 19.2. The number of benzene rings is 3. The van der Waals surface area contributed by atoms with Gasteiger partial charge < -0.3 is 10.8 Å². The van der Waals surface area contributed by atoms with Crippen LogP contribution in [0.1, 0.15) is 26.4 Å². The van der Waals surface area contributed by atoms with Crippen LogP contribution in [0.25, 0.3) is 31.8 Å². The van der Waals surface area contributed by atoms with E-state index in [1.54, 1.807) is 12.1 Å². The van der Waals surface area contributed by atoms with Crippen molar-refractivity contribution in [1.82, 2.24) is 4.98 Å². The molecule has 6 heteroatoms. The molecule has 2 heterocycles. The van der Waals surface area contributed by atoms with Crippen LogP contribution >= 0.6 is 22.7 Å². The number of aromatic hydroxyl groups is 1. The molecule has 0 unspecified atom stereocenters. The molecule has 0 atom stereocenters. The number of phenols is 1. The predicted octanol–water partition coefficient (Wildman–Crippen LogP) is 6.83. The van der Waals surface area contributed by atoms with Crippen molar-refractivity contribution in [3.63, 3.8) is 0 Å². The van der Waals surface area contributed by atoms with Crippen LogP contribution < -0.4 is 5.73 Å². The van der Waals surface area contributed by atoms with E-state index < -0.39 is 0 Å². The van der Waals surface area contributed by atoms with E-state index >= 15 is 0 Å². The SMILES string of the molecule is Cc1cc(C)cc(C(=O)c2sc3cc(O)ccc3c2-c2ccc(-c3nc(N)cs3)cc2)c1. The monoisotopic (exact) mass is 456 g/mol. The van der Waals surface area contributed by atoms with Crippen LogP contribution in [0.4, 0.5) is 5.82 Å². The minimum atomic E-state index is -0.00994. The van der Waals surface area contributed by atoms with Gasteiger partial charge in [-0.1, -0.05) is 41.5 Å². The number of fused-ring (bicyclic) bond motifs is 1. The normalized spacial score (nSPS) is 11.2. The maximum Gasteiger partial charge on any atom is 0.203 e. The van der Waals surface area contributed by atoms with Crippen LogP contribution in [-0.2, 0) is 0 Å². The number of aromatic nitrogens is 1. The van der Waals surface area contributed by atoms with E-state index in [1.165, 1.54) is 22.7 Å². The van der Waals surface area contributed by atoms with Crippen molar-refractivity contribution < 1.29 is 9.90 Å². The number of thiophene rings is 1. The molecule has 0 aliphatic rings. The Hall–Kier alpha value is -3.48. The molecule has 158 valence electrons. The molecule has 4 nitrogen and oxygen atoms in total. The first-order valence-corrected chi connectivity index (χ1v) is 11.8. The number of phenolic OH excluding ortho intramolecular Hbond substituents is 1. The molecule has 0 aliphatic heterocycles. The van der Waals surface area contributed by atoms with Crippen LogP contribution in [-0.4, -0.2) is 15.9 Å². The van der Waals surface area contributed by atoms with Gasteiger partial charge in [0, 0.05) is 32.2 Å². The van der Waals surface area contributed by atoms with Crippen LogP contribution in [0, 0.1) is 13.8 Å². The second-order valence-electron chi connectivity index (χ2n) is 7.85. The van der Waals surface area contributed by atoms with Crippen molar-refractivity contribution in [3.05, 3.63) is 87.6 Å². The van der Waals surface area contributed by atoms with Gasteiger partial charge in [-0.3, -0.25) is 4.79 Å². The van der Waals surface area contributed by atoms with Gasteiger partial charge in [0.05, 0.1) is 4.88 Å². The van der Waals surface area contributed by atoms with Crippen molar-refractivity contribution in [2.45, 2.75) is 13.8 Å². The zero-order chi connectivity index (χ0) is 22.4. The first-order valence-electron chi connectivity index (χ1n) is 10.1.